The average Bonchev–Trinajstić information content (AvgIpc) is 2.20. The molecule has 82 valence electrons. The van der Waals surface area contributed by atoms with E-state index in [1.54, 1.807) is 19.1 Å². The predicted molar refractivity (Wildman–Crippen MR) is 51.4 cm³/mol. The highest BCUT2D eigenvalue weighted by atomic mass is 16.9. The average molecular weight is 213 g/mol. The van der Waals surface area contributed by atoms with Gasteiger partial charge in [-0.1, -0.05) is 0 Å². The molecule has 1 heterocycles. The first-order chi connectivity index (χ1) is 7.07. The number of pyridine rings is 1. The van der Waals surface area contributed by atoms with Gasteiger partial charge in [0, 0.05) is 18.0 Å². The molecule has 0 spiro atoms. The maximum Gasteiger partial charge on any atom is 0.294 e. The molecule has 0 atom stereocenters. The Balaban J connectivity index is 0.000000288. The van der Waals surface area contributed by atoms with Gasteiger partial charge in [0.1, 0.15) is 0 Å². The van der Waals surface area contributed by atoms with Gasteiger partial charge in [0.15, 0.2) is 0 Å². The first-order valence-corrected chi connectivity index (χ1v) is 4.05. The van der Waals surface area contributed by atoms with Crippen molar-refractivity contribution in [3.8, 4) is 0 Å². The SMILES string of the molecule is CCO[N+](=O)[O-].NC(=O)c1ccncc1. The number of aromatic nitrogens is 1. The van der Waals surface area contributed by atoms with Gasteiger partial charge in [-0.25, -0.2) is 0 Å². The molecule has 0 aliphatic carbocycles. The van der Waals surface area contributed by atoms with Crippen molar-refractivity contribution in [1.29, 1.82) is 0 Å². The second-order valence-corrected chi connectivity index (χ2v) is 2.24. The summed E-state index contributed by atoms with van der Waals surface area (Å²) in [4.78, 5) is 27.1. The maximum absolute atomic E-state index is 10.4. The van der Waals surface area contributed by atoms with Gasteiger partial charge in [-0.15, -0.1) is 10.1 Å². The maximum atomic E-state index is 10.4. The second-order valence-electron chi connectivity index (χ2n) is 2.24. The third kappa shape index (κ3) is 6.94. The fourth-order valence-corrected chi connectivity index (χ4v) is 0.622. The van der Waals surface area contributed by atoms with Gasteiger partial charge in [0.05, 0.1) is 6.61 Å². The third-order valence-electron chi connectivity index (χ3n) is 1.20. The lowest BCUT2D eigenvalue weighted by Gasteiger charge is -1.88. The van der Waals surface area contributed by atoms with Crippen molar-refractivity contribution in [2.45, 2.75) is 6.92 Å². The van der Waals surface area contributed by atoms with E-state index < -0.39 is 11.0 Å². The molecule has 1 amide bonds. The lowest BCUT2D eigenvalue weighted by Crippen LogP contribution is -2.10. The summed E-state index contributed by atoms with van der Waals surface area (Å²) < 4.78 is 0. The summed E-state index contributed by atoms with van der Waals surface area (Å²) in [7, 11) is 0. The van der Waals surface area contributed by atoms with Gasteiger partial charge >= 0.3 is 0 Å². The van der Waals surface area contributed by atoms with E-state index in [1.165, 1.54) is 12.4 Å². The summed E-state index contributed by atoms with van der Waals surface area (Å²) in [5.74, 6) is -0.419. The molecule has 1 aromatic heterocycles. The first-order valence-electron chi connectivity index (χ1n) is 4.05. The molecule has 1 aromatic rings. The summed E-state index contributed by atoms with van der Waals surface area (Å²) in [6.07, 6.45) is 3.06. The van der Waals surface area contributed by atoms with Crippen molar-refractivity contribution in [3.63, 3.8) is 0 Å². The van der Waals surface area contributed by atoms with E-state index in [-0.39, 0.29) is 6.61 Å². The third-order valence-corrected chi connectivity index (χ3v) is 1.20. The van der Waals surface area contributed by atoms with E-state index in [0.717, 1.165) is 0 Å². The van der Waals surface area contributed by atoms with E-state index >= 15 is 0 Å². The van der Waals surface area contributed by atoms with Crippen LogP contribution in [-0.2, 0) is 4.84 Å². The van der Waals surface area contributed by atoms with Crippen molar-refractivity contribution in [3.05, 3.63) is 40.2 Å². The molecule has 0 saturated carbocycles. The fraction of sp³-hybridized carbons (Fsp3) is 0.250. The molecule has 1 rings (SSSR count). The van der Waals surface area contributed by atoms with Gasteiger partial charge in [-0.3, -0.25) is 9.78 Å². The van der Waals surface area contributed by atoms with Crippen LogP contribution >= 0.6 is 0 Å². The van der Waals surface area contributed by atoms with Crippen LogP contribution in [0.2, 0.25) is 0 Å². The van der Waals surface area contributed by atoms with Crippen molar-refractivity contribution in [2.75, 3.05) is 6.61 Å². The molecule has 0 fully saturated rings. The molecule has 0 aliphatic rings. The molecular weight excluding hydrogens is 202 g/mol. The summed E-state index contributed by atoms with van der Waals surface area (Å²) >= 11 is 0. The van der Waals surface area contributed by atoms with Crippen LogP contribution in [-0.4, -0.2) is 22.6 Å². The zero-order valence-corrected chi connectivity index (χ0v) is 8.12. The van der Waals surface area contributed by atoms with E-state index in [4.69, 9.17) is 5.73 Å². The van der Waals surface area contributed by atoms with E-state index in [0.29, 0.717) is 5.56 Å². The fourth-order valence-electron chi connectivity index (χ4n) is 0.622. The van der Waals surface area contributed by atoms with Crippen LogP contribution in [0, 0.1) is 10.1 Å². The number of carbonyl (C=O) groups excluding carboxylic acids is 1. The number of primary amides is 1. The summed E-state index contributed by atoms with van der Waals surface area (Å²) in [5, 5.41) is 8.36. The molecular formula is C8H11N3O4. The van der Waals surface area contributed by atoms with Crippen molar-refractivity contribution in [1.82, 2.24) is 4.98 Å². The van der Waals surface area contributed by atoms with Gasteiger partial charge < -0.3 is 10.6 Å². The minimum absolute atomic E-state index is 0.132. The van der Waals surface area contributed by atoms with E-state index in [9.17, 15) is 14.9 Å². The Morgan fingerprint density at radius 1 is 1.60 bits per heavy atom. The Kier molecular flexibility index (Phi) is 6.19. The molecule has 7 nitrogen and oxygen atoms in total. The van der Waals surface area contributed by atoms with Gasteiger partial charge in [-0.05, 0) is 19.1 Å². The topological polar surface area (TPSA) is 108 Å². The Morgan fingerprint density at radius 2 is 2.13 bits per heavy atom. The quantitative estimate of drug-likeness (QED) is 0.577. The highest BCUT2D eigenvalue weighted by Gasteiger charge is 1.94. The zero-order chi connectivity index (χ0) is 11.7. The normalized spacial score (nSPS) is 8.33. The van der Waals surface area contributed by atoms with Crippen LogP contribution < -0.4 is 5.73 Å². The number of hydrogen-bond donors (Lipinski definition) is 1. The Morgan fingerprint density at radius 3 is 2.33 bits per heavy atom. The molecule has 0 unspecified atom stereocenters. The number of rotatable bonds is 3. The summed E-state index contributed by atoms with van der Waals surface area (Å²) in [6, 6.07) is 3.14. The number of hydrogen-bond acceptors (Lipinski definition) is 5. The van der Waals surface area contributed by atoms with E-state index in [1.807, 2.05) is 0 Å². The van der Waals surface area contributed by atoms with Crippen molar-refractivity contribution >= 4 is 5.91 Å². The Labute approximate surface area is 86.0 Å². The highest BCUT2D eigenvalue weighted by molar-refractivity contribution is 5.92. The Hall–Kier alpha value is -2.18. The Bertz CT molecular complexity index is 315. The lowest BCUT2D eigenvalue weighted by atomic mass is 10.3. The lowest BCUT2D eigenvalue weighted by molar-refractivity contribution is -0.756. The monoisotopic (exact) mass is 213 g/mol. The van der Waals surface area contributed by atoms with Crippen molar-refractivity contribution in [2.24, 2.45) is 5.73 Å². The molecule has 0 saturated heterocycles. The van der Waals surface area contributed by atoms with E-state index in [2.05, 4.69) is 9.82 Å². The summed E-state index contributed by atoms with van der Waals surface area (Å²) in [6.45, 7) is 1.69. The van der Waals surface area contributed by atoms with Crippen LogP contribution in [0.25, 0.3) is 0 Å². The van der Waals surface area contributed by atoms with Crippen LogP contribution in [0.1, 0.15) is 17.3 Å². The molecule has 0 aliphatic heterocycles. The van der Waals surface area contributed by atoms with Crippen LogP contribution in [0.15, 0.2) is 24.5 Å². The largest absolute Gasteiger partial charge is 0.366 e. The molecule has 7 heteroatoms. The van der Waals surface area contributed by atoms with Gasteiger partial charge in [-0.2, -0.15) is 0 Å². The number of amides is 1. The smallest absolute Gasteiger partial charge is 0.294 e. The second kappa shape index (κ2) is 7.25. The minimum atomic E-state index is -0.819. The van der Waals surface area contributed by atoms with Gasteiger partial charge in [0.2, 0.25) is 5.91 Å². The molecule has 2 N–H and O–H groups in total. The van der Waals surface area contributed by atoms with Crippen LogP contribution in [0.3, 0.4) is 0 Å². The molecule has 0 bridgehead atoms. The molecule has 0 aromatic carbocycles. The predicted octanol–water partition coefficient (Wildman–Crippen LogP) is 0.395. The van der Waals surface area contributed by atoms with Crippen LogP contribution in [0.4, 0.5) is 0 Å². The highest BCUT2D eigenvalue weighted by Crippen LogP contribution is 1.91. The van der Waals surface area contributed by atoms with Gasteiger partial charge in [0.25, 0.3) is 5.09 Å². The minimum Gasteiger partial charge on any atom is -0.366 e. The number of nitrogens with two attached hydrogens (primary N) is 1. The zero-order valence-electron chi connectivity index (χ0n) is 8.12. The number of carbonyl (C=O) groups is 1. The molecule has 0 radical (unpaired) electrons. The first kappa shape index (κ1) is 12.8. The van der Waals surface area contributed by atoms with Crippen molar-refractivity contribution < 1.29 is 14.7 Å². The summed E-state index contributed by atoms with van der Waals surface area (Å²) in [5.41, 5.74) is 5.44. The van der Waals surface area contributed by atoms with Crippen LogP contribution in [0.5, 0.6) is 0 Å². The standard InChI is InChI=1S/C6H6N2O.C2H5NO3/c7-6(9)5-1-3-8-4-2-5;1-2-6-3(4)5/h1-4H,(H2,7,9);2H2,1H3. The number of nitrogens with zero attached hydrogens (tertiary/aromatic N) is 2. The molecule has 15 heavy (non-hydrogen) atoms.